The maximum atomic E-state index is 11.1. The van der Waals surface area contributed by atoms with E-state index in [1.807, 2.05) is 0 Å². The second kappa shape index (κ2) is 2.76. The van der Waals surface area contributed by atoms with Crippen LogP contribution in [-0.2, 0) is 4.57 Å². The van der Waals surface area contributed by atoms with Crippen molar-refractivity contribution in [3.8, 4) is 0 Å². The molecule has 1 aromatic heterocycles. The third-order valence-corrected chi connectivity index (χ3v) is 2.63. The minimum atomic E-state index is -3.17. The van der Waals surface area contributed by atoms with Gasteiger partial charge in [-0.05, 0) is 18.6 Å². The van der Waals surface area contributed by atoms with Crippen LogP contribution >= 0.6 is 7.37 Å². The van der Waals surface area contributed by atoms with Gasteiger partial charge in [0.2, 0.25) is 7.37 Å². The average Bonchev–Trinajstić information content (AvgIpc) is 1.86. The Labute approximate surface area is 65.6 Å². The monoisotopic (exact) mass is 171 g/mol. The predicted octanol–water partition coefficient (Wildman–Crippen LogP) is 0.916. The zero-order valence-corrected chi connectivity index (χ0v) is 7.38. The Morgan fingerprint density at radius 2 is 2.27 bits per heavy atom. The molecule has 60 valence electrons. The minimum absolute atomic E-state index is 0.306. The Kier molecular flexibility index (Phi) is 2.12. The molecule has 1 rings (SSSR count). The second-order valence-electron chi connectivity index (χ2n) is 2.52. The molecule has 0 aromatic carbocycles. The molecule has 0 fully saturated rings. The van der Waals surface area contributed by atoms with Crippen LogP contribution in [0.4, 0.5) is 0 Å². The first-order valence-electron chi connectivity index (χ1n) is 3.24. The Balaban J connectivity index is 3.25. The van der Waals surface area contributed by atoms with Crippen molar-refractivity contribution in [1.82, 2.24) is 4.98 Å². The summed E-state index contributed by atoms with van der Waals surface area (Å²) in [7, 11) is -3.17. The fourth-order valence-electron chi connectivity index (χ4n) is 0.912. The highest BCUT2D eigenvalue weighted by molar-refractivity contribution is 7.65. The van der Waals surface area contributed by atoms with E-state index in [-0.39, 0.29) is 0 Å². The molecule has 1 aromatic rings. The van der Waals surface area contributed by atoms with E-state index in [1.54, 1.807) is 19.1 Å². The van der Waals surface area contributed by atoms with Gasteiger partial charge in [-0.1, -0.05) is 6.07 Å². The highest BCUT2D eigenvalue weighted by atomic mass is 31.2. The van der Waals surface area contributed by atoms with E-state index in [0.29, 0.717) is 5.44 Å². The van der Waals surface area contributed by atoms with Gasteiger partial charge in [-0.2, -0.15) is 0 Å². The summed E-state index contributed by atoms with van der Waals surface area (Å²) in [5, 5.41) is 0. The van der Waals surface area contributed by atoms with Crippen molar-refractivity contribution in [1.29, 1.82) is 0 Å². The van der Waals surface area contributed by atoms with E-state index < -0.39 is 7.37 Å². The van der Waals surface area contributed by atoms with E-state index in [0.717, 1.165) is 5.56 Å². The number of rotatable bonds is 1. The number of aryl methyl sites for hydroxylation is 1. The van der Waals surface area contributed by atoms with E-state index >= 15 is 0 Å². The molecule has 0 saturated carbocycles. The van der Waals surface area contributed by atoms with Crippen LogP contribution in [0, 0.1) is 6.92 Å². The van der Waals surface area contributed by atoms with E-state index in [9.17, 15) is 4.57 Å². The molecule has 4 heteroatoms. The Bertz CT molecular complexity index is 305. The van der Waals surface area contributed by atoms with E-state index in [2.05, 4.69) is 4.98 Å². The summed E-state index contributed by atoms with van der Waals surface area (Å²) >= 11 is 0. The SMILES string of the molecule is Cc1cccnc1P(C)(=O)O. The molecule has 1 N–H and O–H groups in total. The molecule has 0 bridgehead atoms. The van der Waals surface area contributed by atoms with Crippen LogP contribution < -0.4 is 5.44 Å². The van der Waals surface area contributed by atoms with Crippen LogP contribution in [0.25, 0.3) is 0 Å². The predicted molar refractivity (Wildman–Crippen MR) is 44.4 cm³/mol. The molecule has 1 heterocycles. The van der Waals surface area contributed by atoms with Crippen molar-refractivity contribution in [2.24, 2.45) is 0 Å². The zero-order valence-electron chi connectivity index (χ0n) is 6.48. The van der Waals surface area contributed by atoms with Gasteiger partial charge in [0.15, 0.2) is 0 Å². The smallest absolute Gasteiger partial charge is 0.244 e. The summed E-state index contributed by atoms with van der Waals surface area (Å²) in [6, 6.07) is 3.52. The normalized spacial score (nSPS) is 15.9. The van der Waals surface area contributed by atoms with Crippen LogP contribution in [0.5, 0.6) is 0 Å². The van der Waals surface area contributed by atoms with Crippen molar-refractivity contribution in [3.05, 3.63) is 23.9 Å². The number of pyridine rings is 1. The summed E-state index contributed by atoms with van der Waals surface area (Å²) in [5.74, 6) is 0. The Morgan fingerprint density at radius 3 is 2.64 bits per heavy atom. The van der Waals surface area contributed by atoms with Gasteiger partial charge in [-0.25, -0.2) is 0 Å². The zero-order chi connectivity index (χ0) is 8.48. The van der Waals surface area contributed by atoms with Crippen molar-refractivity contribution >= 4 is 12.8 Å². The van der Waals surface area contributed by atoms with Gasteiger partial charge in [0.25, 0.3) is 0 Å². The van der Waals surface area contributed by atoms with Crippen LogP contribution in [0.15, 0.2) is 18.3 Å². The second-order valence-corrected chi connectivity index (χ2v) is 4.70. The van der Waals surface area contributed by atoms with E-state index in [1.165, 1.54) is 12.9 Å². The molecule has 1 atom stereocenters. The highest BCUT2D eigenvalue weighted by Gasteiger charge is 2.16. The Morgan fingerprint density at radius 1 is 1.64 bits per heavy atom. The lowest BCUT2D eigenvalue weighted by Gasteiger charge is -2.05. The molecular formula is C7H10NO2P. The maximum Gasteiger partial charge on any atom is 0.244 e. The first-order chi connectivity index (χ1) is 5.02. The van der Waals surface area contributed by atoms with Gasteiger partial charge >= 0.3 is 0 Å². The first kappa shape index (κ1) is 8.44. The molecule has 0 aliphatic carbocycles. The lowest BCUT2D eigenvalue weighted by atomic mass is 10.3. The minimum Gasteiger partial charge on any atom is -0.340 e. The molecular weight excluding hydrogens is 161 g/mol. The summed E-state index contributed by atoms with van der Waals surface area (Å²) < 4.78 is 11.1. The molecule has 0 amide bonds. The fraction of sp³-hybridized carbons (Fsp3) is 0.286. The van der Waals surface area contributed by atoms with Gasteiger partial charge < -0.3 is 4.89 Å². The van der Waals surface area contributed by atoms with Gasteiger partial charge in [-0.3, -0.25) is 9.55 Å². The van der Waals surface area contributed by atoms with Gasteiger partial charge in [-0.15, -0.1) is 0 Å². The summed E-state index contributed by atoms with van der Waals surface area (Å²) in [5.41, 5.74) is 1.07. The number of hydrogen-bond donors (Lipinski definition) is 1. The number of nitrogens with zero attached hydrogens (tertiary/aromatic N) is 1. The van der Waals surface area contributed by atoms with Gasteiger partial charge in [0, 0.05) is 12.9 Å². The number of aromatic nitrogens is 1. The lowest BCUT2D eigenvalue weighted by molar-refractivity contribution is 0.495. The lowest BCUT2D eigenvalue weighted by Crippen LogP contribution is -2.11. The average molecular weight is 171 g/mol. The molecule has 11 heavy (non-hydrogen) atoms. The quantitative estimate of drug-likeness (QED) is 0.639. The van der Waals surface area contributed by atoms with Crippen LogP contribution in [-0.4, -0.2) is 16.5 Å². The number of hydrogen-bond acceptors (Lipinski definition) is 2. The summed E-state index contributed by atoms with van der Waals surface area (Å²) in [6.45, 7) is 3.07. The summed E-state index contributed by atoms with van der Waals surface area (Å²) in [6.07, 6.45) is 1.52. The molecule has 0 aliphatic heterocycles. The van der Waals surface area contributed by atoms with Crippen LogP contribution in [0.2, 0.25) is 0 Å². The molecule has 1 unspecified atom stereocenters. The van der Waals surface area contributed by atoms with E-state index in [4.69, 9.17) is 4.89 Å². The van der Waals surface area contributed by atoms with Crippen molar-refractivity contribution in [2.45, 2.75) is 6.92 Å². The maximum absolute atomic E-state index is 11.1. The molecule has 0 saturated heterocycles. The third-order valence-electron chi connectivity index (χ3n) is 1.37. The molecule has 0 aliphatic rings. The van der Waals surface area contributed by atoms with Crippen LogP contribution in [0.1, 0.15) is 5.56 Å². The van der Waals surface area contributed by atoms with Gasteiger partial charge in [0.1, 0.15) is 5.44 Å². The van der Waals surface area contributed by atoms with Crippen molar-refractivity contribution < 1.29 is 9.46 Å². The highest BCUT2D eigenvalue weighted by Crippen LogP contribution is 2.33. The first-order valence-corrected chi connectivity index (χ1v) is 5.35. The molecule has 0 radical (unpaired) electrons. The van der Waals surface area contributed by atoms with Crippen molar-refractivity contribution in [3.63, 3.8) is 0 Å². The summed E-state index contributed by atoms with van der Waals surface area (Å²) in [4.78, 5) is 13.0. The van der Waals surface area contributed by atoms with Crippen LogP contribution in [0.3, 0.4) is 0 Å². The fourth-order valence-corrected chi connectivity index (χ4v) is 1.92. The molecule has 3 nitrogen and oxygen atoms in total. The van der Waals surface area contributed by atoms with Crippen molar-refractivity contribution in [2.75, 3.05) is 6.66 Å². The topological polar surface area (TPSA) is 50.2 Å². The van der Waals surface area contributed by atoms with Gasteiger partial charge in [0.05, 0.1) is 0 Å². The standard InChI is InChI=1S/C7H10NO2P/c1-6-4-3-5-8-7(6)11(2,9)10/h3-5H,1-2H3,(H,9,10). The molecule has 0 spiro atoms. The third kappa shape index (κ3) is 1.88. The Hall–Kier alpha value is -0.660. The largest absolute Gasteiger partial charge is 0.340 e.